The second-order valence-electron chi connectivity index (χ2n) is 4.48. The maximum atomic E-state index is 11.2. The van der Waals surface area contributed by atoms with Gasteiger partial charge < -0.3 is 10.2 Å². The molecule has 1 heterocycles. The van der Waals surface area contributed by atoms with Crippen molar-refractivity contribution in [3.8, 4) is 0 Å². The summed E-state index contributed by atoms with van der Waals surface area (Å²) in [4.78, 5) is 10.9. The minimum Gasteiger partial charge on any atom is -0.480 e. The van der Waals surface area contributed by atoms with Gasteiger partial charge in [0.1, 0.15) is 6.04 Å². The lowest BCUT2D eigenvalue weighted by Gasteiger charge is -2.23. The molecule has 1 rings (SSSR count). The molecule has 0 amide bonds. The van der Waals surface area contributed by atoms with Gasteiger partial charge in [-0.15, -0.1) is 0 Å². The molecule has 0 spiro atoms. The molecule has 0 bridgehead atoms. The summed E-state index contributed by atoms with van der Waals surface area (Å²) >= 11 is 0. The van der Waals surface area contributed by atoms with Crippen molar-refractivity contribution in [3.63, 3.8) is 0 Å². The molecule has 6 nitrogen and oxygen atoms in total. The summed E-state index contributed by atoms with van der Waals surface area (Å²) < 4.78 is 22.5. The Morgan fingerprint density at radius 2 is 1.94 bits per heavy atom. The van der Waals surface area contributed by atoms with Gasteiger partial charge in [0.2, 0.25) is 0 Å². The lowest BCUT2D eigenvalue weighted by atomic mass is 10.0. The SMILES string of the molecule is CC(C)[C@H](N[C@@H]1CS(=O)(=O)C[C@@H]1O)C(=O)O. The Bertz CT molecular complexity index is 364. The molecule has 94 valence electrons. The molecule has 7 heteroatoms. The van der Waals surface area contributed by atoms with E-state index >= 15 is 0 Å². The van der Waals surface area contributed by atoms with Gasteiger partial charge in [-0.2, -0.15) is 0 Å². The van der Waals surface area contributed by atoms with E-state index in [4.69, 9.17) is 5.11 Å². The third-order valence-electron chi connectivity index (χ3n) is 2.65. The largest absolute Gasteiger partial charge is 0.480 e. The van der Waals surface area contributed by atoms with Gasteiger partial charge in [-0.05, 0) is 5.92 Å². The number of aliphatic carboxylic acids is 1. The normalized spacial score (nSPS) is 30.5. The molecule has 0 aromatic heterocycles. The molecule has 1 aliphatic heterocycles. The molecule has 0 aromatic carbocycles. The summed E-state index contributed by atoms with van der Waals surface area (Å²) in [5.74, 6) is -1.71. The lowest BCUT2D eigenvalue weighted by Crippen LogP contribution is -2.50. The molecule has 1 aliphatic rings. The van der Waals surface area contributed by atoms with Crippen molar-refractivity contribution >= 4 is 15.8 Å². The Morgan fingerprint density at radius 1 is 1.38 bits per heavy atom. The van der Waals surface area contributed by atoms with Crippen LogP contribution in [0.4, 0.5) is 0 Å². The fourth-order valence-corrected chi connectivity index (χ4v) is 3.52. The van der Waals surface area contributed by atoms with Crippen LogP contribution in [0.2, 0.25) is 0 Å². The van der Waals surface area contributed by atoms with Crippen LogP contribution in [0.3, 0.4) is 0 Å². The molecular formula is C9H17NO5S. The van der Waals surface area contributed by atoms with Crippen molar-refractivity contribution in [3.05, 3.63) is 0 Å². The quantitative estimate of drug-likeness (QED) is 0.582. The van der Waals surface area contributed by atoms with Crippen LogP contribution in [0.25, 0.3) is 0 Å². The molecule has 16 heavy (non-hydrogen) atoms. The van der Waals surface area contributed by atoms with Gasteiger partial charge in [-0.3, -0.25) is 10.1 Å². The molecule has 0 aliphatic carbocycles. The second-order valence-corrected chi connectivity index (χ2v) is 6.63. The number of carboxylic acid groups (broad SMARTS) is 1. The number of nitrogens with one attached hydrogen (secondary N) is 1. The molecular weight excluding hydrogens is 234 g/mol. The average Bonchev–Trinajstić information content (AvgIpc) is 2.34. The van der Waals surface area contributed by atoms with Crippen LogP contribution in [0.1, 0.15) is 13.8 Å². The van der Waals surface area contributed by atoms with Gasteiger partial charge in [-0.1, -0.05) is 13.8 Å². The molecule has 0 unspecified atom stereocenters. The van der Waals surface area contributed by atoms with E-state index in [0.717, 1.165) is 0 Å². The Hall–Kier alpha value is -0.660. The first-order valence-electron chi connectivity index (χ1n) is 5.10. The lowest BCUT2D eigenvalue weighted by molar-refractivity contribution is -0.141. The maximum Gasteiger partial charge on any atom is 0.320 e. The summed E-state index contributed by atoms with van der Waals surface area (Å²) in [6, 6.07) is -1.53. The summed E-state index contributed by atoms with van der Waals surface area (Å²) in [7, 11) is -3.25. The highest BCUT2D eigenvalue weighted by Crippen LogP contribution is 2.14. The number of carboxylic acids is 1. The van der Waals surface area contributed by atoms with Gasteiger partial charge in [0.05, 0.1) is 17.6 Å². The van der Waals surface area contributed by atoms with Crippen molar-refractivity contribution in [1.29, 1.82) is 0 Å². The van der Waals surface area contributed by atoms with Gasteiger partial charge in [0.15, 0.2) is 9.84 Å². The van der Waals surface area contributed by atoms with Crippen LogP contribution >= 0.6 is 0 Å². The van der Waals surface area contributed by atoms with Crippen LogP contribution < -0.4 is 5.32 Å². The first kappa shape index (κ1) is 13.4. The van der Waals surface area contributed by atoms with Crippen LogP contribution in [0, 0.1) is 5.92 Å². The van der Waals surface area contributed by atoms with Crippen LogP contribution in [0.5, 0.6) is 0 Å². The number of sulfone groups is 1. The highest BCUT2D eigenvalue weighted by Gasteiger charge is 2.39. The Kier molecular flexibility index (Phi) is 3.92. The van der Waals surface area contributed by atoms with E-state index < -0.39 is 34.0 Å². The predicted molar refractivity (Wildman–Crippen MR) is 57.8 cm³/mol. The van der Waals surface area contributed by atoms with E-state index in [9.17, 15) is 18.3 Å². The van der Waals surface area contributed by atoms with Gasteiger partial charge >= 0.3 is 5.97 Å². The van der Waals surface area contributed by atoms with E-state index in [1.807, 2.05) is 0 Å². The number of carbonyl (C=O) groups is 1. The summed E-state index contributed by atoms with van der Waals surface area (Å²) in [5, 5.41) is 21.1. The number of aliphatic hydroxyl groups is 1. The highest BCUT2D eigenvalue weighted by molar-refractivity contribution is 7.91. The zero-order valence-corrected chi connectivity index (χ0v) is 10.1. The first-order chi connectivity index (χ1) is 7.23. The van der Waals surface area contributed by atoms with E-state index in [0.29, 0.717) is 0 Å². The molecule has 3 N–H and O–H groups in total. The maximum absolute atomic E-state index is 11.2. The molecule has 0 radical (unpaired) electrons. The van der Waals surface area contributed by atoms with Crippen LogP contribution in [-0.2, 0) is 14.6 Å². The first-order valence-corrected chi connectivity index (χ1v) is 6.92. The summed E-state index contributed by atoms with van der Waals surface area (Å²) in [6.07, 6.45) is -1.02. The zero-order valence-electron chi connectivity index (χ0n) is 9.25. The minimum atomic E-state index is -3.25. The monoisotopic (exact) mass is 251 g/mol. The van der Waals surface area contributed by atoms with E-state index in [-0.39, 0.29) is 17.4 Å². The number of aliphatic hydroxyl groups excluding tert-OH is 1. The highest BCUT2D eigenvalue weighted by atomic mass is 32.2. The Balaban J connectivity index is 2.70. The molecule has 1 fully saturated rings. The van der Waals surface area contributed by atoms with E-state index in [2.05, 4.69) is 5.32 Å². The van der Waals surface area contributed by atoms with Gasteiger partial charge in [-0.25, -0.2) is 8.42 Å². The summed E-state index contributed by atoms with van der Waals surface area (Å²) in [6.45, 7) is 3.45. The van der Waals surface area contributed by atoms with Crippen molar-refractivity contribution in [2.24, 2.45) is 5.92 Å². The molecule has 0 aromatic rings. The number of hydrogen-bond acceptors (Lipinski definition) is 5. The average molecular weight is 251 g/mol. The third-order valence-corrected chi connectivity index (χ3v) is 4.37. The van der Waals surface area contributed by atoms with Crippen molar-refractivity contribution in [2.45, 2.75) is 32.0 Å². The third kappa shape index (κ3) is 3.16. The minimum absolute atomic E-state index is 0.173. The fourth-order valence-electron chi connectivity index (χ4n) is 1.77. The Labute approximate surface area is 94.6 Å². The van der Waals surface area contributed by atoms with Gasteiger partial charge in [0, 0.05) is 6.04 Å². The molecule has 3 atom stereocenters. The van der Waals surface area contributed by atoms with Crippen molar-refractivity contribution in [1.82, 2.24) is 5.32 Å². The summed E-state index contributed by atoms with van der Waals surface area (Å²) in [5.41, 5.74) is 0. The van der Waals surface area contributed by atoms with Crippen molar-refractivity contribution < 1.29 is 23.4 Å². The smallest absolute Gasteiger partial charge is 0.320 e. The predicted octanol–water partition coefficient (Wildman–Crippen LogP) is -1.16. The van der Waals surface area contributed by atoms with Gasteiger partial charge in [0.25, 0.3) is 0 Å². The van der Waals surface area contributed by atoms with Crippen LogP contribution in [0.15, 0.2) is 0 Å². The van der Waals surface area contributed by atoms with E-state index in [1.165, 1.54) is 0 Å². The fraction of sp³-hybridized carbons (Fsp3) is 0.889. The van der Waals surface area contributed by atoms with Crippen LogP contribution in [-0.4, -0.2) is 54.3 Å². The standard InChI is InChI=1S/C9H17NO5S/c1-5(2)8(9(12)13)10-6-3-16(14,15)4-7(6)11/h5-8,10-11H,3-4H2,1-2H3,(H,12,13)/t6-,7+,8+/m1/s1. The topological polar surface area (TPSA) is 104 Å². The molecule has 1 saturated heterocycles. The van der Waals surface area contributed by atoms with Crippen molar-refractivity contribution in [2.75, 3.05) is 11.5 Å². The second kappa shape index (κ2) is 4.68. The molecule has 0 saturated carbocycles. The number of rotatable bonds is 4. The van der Waals surface area contributed by atoms with E-state index in [1.54, 1.807) is 13.8 Å². The number of hydrogen-bond donors (Lipinski definition) is 3. The Morgan fingerprint density at radius 3 is 2.25 bits per heavy atom. The zero-order chi connectivity index (χ0) is 12.5.